The van der Waals surface area contributed by atoms with E-state index in [0.717, 1.165) is 12.1 Å². The van der Waals surface area contributed by atoms with Gasteiger partial charge in [-0.3, -0.25) is 4.98 Å². The van der Waals surface area contributed by atoms with Crippen molar-refractivity contribution in [3.63, 3.8) is 0 Å². The molecule has 1 aromatic carbocycles. The molecule has 0 radical (unpaired) electrons. The van der Waals surface area contributed by atoms with Crippen molar-refractivity contribution >= 4 is 0 Å². The zero-order valence-corrected chi connectivity index (χ0v) is 9.20. The van der Waals surface area contributed by atoms with Crippen LogP contribution in [0.3, 0.4) is 0 Å². The number of rotatable bonds is 2. The average molecular weight is 197 g/mol. The van der Waals surface area contributed by atoms with Crippen LogP contribution < -0.4 is 0 Å². The Morgan fingerprint density at radius 2 is 2.00 bits per heavy atom. The number of benzene rings is 1. The monoisotopic (exact) mass is 197 g/mol. The van der Waals surface area contributed by atoms with E-state index in [2.05, 4.69) is 37.0 Å². The molecule has 76 valence electrons. The zero-order chi connectivity index (χ0) is 10.7. The zero-order valence-electron chi connectivity index (χ0n) is 9.20. The summed E-state index contributed by atoms with van der Waals surface area (Å²) in [6, 6.07) is 12.6. The van der Waals surface area contributed by atoms with E-state index >= 15 is 0 Å². The van der Waals surface area contributed by atoms with Gasteiger partial charge in [0, 0.05) is 11.8 Å². The largest absolute Gasteiger partial charge is 0.256 e. The maximum absolute atomic E-state index is 4.37. The van der Waals surface area contributed by atoms with E-state index in [1.165, 1.54) is 16.7 Å². The molecule has 0 aliphatic rings. The fraction of sp³-hybridized carbons (Fsp3) is 0.214. The molecule has 0 unspecified atom stereocenters. The van der Waals surface area contributed by atoms with E-state index in [0.29, 0.717) is 0 Å². The minimum atomic E-state index is 1.05. The molecule has 0 bridgehead atoms. The van der Waals surface area contributed by atoms with Crippen LogP contribution in [0.2, 0.25) is 0 Å². The Kier molecular flexibility index (Phi) is 2.82. The summed E-state index contributed by atoms with van der Waals surface area (Å²) in [5.41, 5.74) is 4.96. The van der Waals surface area contributed by atoms with Gasteiger partial charge in [-0.15, -0.1) is 0 Å². The molecule has 2 rings (SSSR count). The second kappa shape index (κ2) is 4.26. The van der Waals surface area contributed by atoms with Crippen molar-refractivity contribution < 1.29 is 0 Å². The Morgan fingerprint density at radius 3 is 2.60 bits per heavy atom. The van der Waals surface area contributed by atoms with Crippen molar-refractivity contribution in [3.05, 3.63) is 53.7 Å². The highest BCUT2D eigenvalue weighted by atomic mass is 14.7. The van der Waals surface area contributed by atoms with E-state index in [1.54, 1.807) is 0 Å². The number of aryl methyl sites for hydroxylation is 2. The maximum atomic E-state index is 4.37. The first kappa shape index (κ1) is 9.91. The van der Waals surface area contributed by atoms with E-state index < -0.39 is 0 Å². The second-order valence-electron chi connectivity index (χ2n) is 3.72. The van der Waals surface area contributed by atoms with Gasteiger partial charge in [0.15, 0.2) is 0 Å². The molecular weight excluding hydrogens is 182 g/mol. The number of hydrogen-bond acceptors (Lipinski definition) is 1. The summed E-state index contributed by atoms with van der Waals surface area (Å²) < 4.78 is 0. The first-order chi connectivity index (χ1) is 7.31. The summed E-state index contributed by atoms with van der Waals surface area (Å²) in [5, 5.41) is 0. The van der Waals surface area contributed by atoms with Crippen LogP contribution in [-0.4, -0.2) is 4.98 Å². The lowest BCUT2D eigenvalue weighted by molar-refractivity contribution is 1.13. The predicted molar refractivity (Wildman–Crippen MR) is 63.8 cm³/mol. The summed E-state index contributed by atoms with van der Waals surface area (Å²) in [6.07, 6.45) is 2.92. The Labute approximate surface area is 90.8 Å². The summed E-state index contributed by atoms with van der Waals surface area (Å²) in [4.78, 5) is 4.37. The molecule has 0 fully saturated rings. The second-order valence-corrected chi connectivity index (χ2v) is 3.72. The van der Waals surface area contributed by atoms with E-state index in [4.69, 9.17) is 0 Å². The summed E-state index contributed by atoms with van der Waals surface area (Å²) in [5.74, 6) is 0. The molecular formula is C14H15N. The molecule has 0 N–H and O–H groups in total. The van der Waals surface area contributed by atoms with Gasteiger partial charge in [-0.05, 0) is 36.6 Å². The van der Waals surface area contributed by atoms with Crippen molar-refractivity contribution in [1.82, 2.24) is 4.98 Å². The number of nitrogens with zero attached hydrogens (tertiary/aromatic N) is 1. The summed E-state index contributed by atoms with van der Waals surface area (Å²) in [7, 11) is 0. The van der Waals surface area contributed by atoms with Gasteiger partial charge < -0.3 is 0 Å². The smallest absolute Gasteiger partial charge is 0.0704 e. The van der Waals surface area contributed by atoms with Gasteiger partial charge in [0.25, 0.3) is 0 Å². The SMILES string of the molecule is CCc1ccc(-c2ccccn2)c(C)c1. The van der Waals surface area contributed by atoms with Gasteiger partial charge in [0.05, 0.1) is 5.69 Å². The molecule has 0 saturated heterocycles. The molecule has 1 aromatic heterocycles. The van der Waals surface area contributed by atoms with E-state index in [-0.39, 0.29) is 0 Å². The van der Waals surface area contributed by atoms with Gasteiger partial charge in [0.2, 0.25) is 0 Å². The molecule has 0 amide bonds. The Balaban J connectivity index is 2.46. The van der Waals surface area contributed by atoms with Crippen LogP contribution in [0.1, 0.15) is 18.1 Å². The van der Waals surface area contributed by atoms with Crippen LogP contribution in [0.5, 0.6) is 0 Å². The fourth-order valence-electron chi connectivity index (χ4n) is 1.76. The lowest BCUT2D eigenvalue weighted by atomic mass is 10.0. The number of hydrogen-bond donors (Lipinski definition) is 0. The first-order valence-electron chi connectivity index (χ1n) is 5.32. The van der Waals surface area contributed by atoms with Crippen molar-refractivity contribution in [2.45, 2.75) is 20.3 Å². The summed E-state index contributed by atoms with van der Waals surface area (Å²) >= 11 is 0. The van der Waals surface area contributed by atoms with Gasteiger partial charge >= 0.3 is 0 Å². The minimum Gasteiger partial charge on any atom is -0.256 e. The number of pyridine rings is 1. The molecule has 0 aliphatic heterocycles. The third kappa shape index (κ3) is 2.07. The first-order valence-corrected chi connectivity index (χ1v) is 5.32. The Hall–Kier alpha value is -1.63. The van der Waals surface area contributed by atoms with Crippen LogP contribution in [-0.2, 0) is 6.42 Å². The van der Waals surface area contributed by atoms with Crippen LogP contribution in [0.4, 0.5) is 0 Å². The van der Waals surface area contributed by atoms with Gasteiger partial charge in [0.1, 0.15) is 0 Å². The van der Waals surface area contributed by atoms with Gasteiger partial charge in [-0.2, -0.15) is 0 Å². The lowest BCUT2D eigenvalue weighted by Gasteiger charge is -2.06. The van der Waals surface area contributed by atoms with E-state index in [1.807, 2.05) is 24.4 Å². The normalized spacial score (nSPS) is 10.3. The van der Waals surface area contributed by atoms with E-state index in [9.17, 15) is 0 Å². The van der Waals surface area contributed by atoms with Gasteiger partial charge in [-0.25, -0.2) is 0 Å². The van der Waals surface area contributed by atoms with Gasteiger partial charge in [-0.1, -0.05) is 31.2 Å². The molecule has 1 nitrogen and oxygen atoms in total. The van der Waals surface area contributed by atoms with Crippen molar-refractivity contribution in [2.75, 3.05) is 0 Å². The van der Waals surface area contributed by atoms with Crippen molar-refractivity contribution in [2.24, 2.45) is 0 Å². The average Bonchev–Trinajstić information content (AvgIpc) is 2.30. The summed E-state index contributed by atoms with van der Waals surface area (Å²) in [6.45, 7) is 4.32. The minimum absolute atomic E-state index is 1.05. The standard InChI is InChI=1S/C14H15N/c1-3-12-7-8-13(11(2)10-12)14-6-4-5-9-15-14/h4-10H,3H2,1-2H3. The molecule has 2 aromatic rings. The Bertz CT molecular complexity index is 446. The quantitative estimate of drug-likeness (QED) is 0.716. The predicted octanol–water partition coefficient (Wildman–Crippen LogP) is 3.62. The molecule has 1 heteroatoms. The third-order valence-electron chi connectivity index (χ3n) is 2.64. The fourth-order valence-corrected chi connectivity index (χ4v) is 1.76. The van der Waals surface area contributed by atoms with Crippen molar-refractivity contribution in [3.8, 4) is 11.3 Å². The van der Waals surface area contributed by atoms with Crippen LogP contribution in [0, 0.1) is 6.92 Å². The lowest BCUT2D eigenvalue weighted by Crippen LogP contribution is -1.88. The Morgan fingerprint density at radius 1 is 1.13 bits per heavy atom. The molecule has 0 aliphatic carbocycles. The highest BCUT2D eigenvalue weighted by molar-refractivity contribution is 5.63. The van der Waals surface area contributed by atoms with Crippen molar-refractivity contribution in [1.29, 1.82) is 0 Å². The van der Waals surface area contributed by atoms with Crippen LogP contribution in [0.25, 0.3) is 11.3 Å². The topological polar surface area (TPSA) is 12.9 Å². The molecule has 1 heterocycles. The van der Waals surface area contributed by atoms with Crippen LogP contribution in [0.15, 0.2) is 42.6 Å². The molecule has 0 spiro atoms. The maximum Gasteiger partial charge on any atom is 0.0704 e. The molecule has 0 atom stereocenters. The highest BCUT2D eigenvalue weighted by Crippen LogP contribution is 2.22. The molecule has 0 saturated carbocycles. The third-order valence-corrected chi connectivity index (χ3v) is 2.64. The number of aromatic nitrogens is 1. The highest BCUT2D eigenvalue weighted by Gasteiger charge is 2.02. The van der Waals surface area contributed by atoms with Crippen LogP contribution >= 0.6 is 0 Å². The molecule has 15 heavy (non-hydrogen) atoms.